The van der Waals surface area contributed by atoms with Crippen LogP contribution in [0.2, 0.25) is 0 Å². The summed E-state index contributed by atoms with van der Waals surface area (Å²) in [5, 5.41) is 7.10. The summed E-state index contributed by atoms with van der Waals surface area (Å²) in [6.07, 6.45) is 26.6. The number of nitrogens with zero attached hydrogens (tertiary/aromatic N) is 2. The van der Waals surface area contributed by atoms with Crippen molar-refractivity contribution in [3.05, 3.63) is 49.1 Å². The maximum absolute atomic E-state index is 3.88. The summed E-state index contributed by atoms with van der Waals surface area (Å²) in [4.78, 5) is 0.684. The van der Waals surface area contributed by atoms with Gasteiger partial charge in [-0.25, -0.2) is 0 Å². The zero-order valence-corrected chi connectivity index (χ0v) is 25.9. The van der Waals surface area contributed by atoms with Crippen LogP contribution in [0.25, 0.3) is 0 Å². The molecule has 2 heterocycles. The van der Waals surface area contributed by atoms with E-state index in [0.717, 1.165) is 25.9 Å². The summed E-state index contributed by atoms with van der Waals surface area (Å²) in [5.41, 5.74) is 2.43. The van der Waals surface area contributed by atoms with E-state index in [2.05, 4.69) is 115 Å². The Balaban J connectivity index is 1.59. The quantitative estimate of drug-likeness (QED) is 0.0823. The summed E-state index contributed by atoms with van der Waals surface area (Å²) < 4.78 is 4.53. The minimum Gasteiger partial charge on any atom is -0.385 e. The van der Waals surface area contributed by atoms with Crippen molar-refractivity contribution in [1.29, 1.82) is 0 Å². The van der Waals surface area contributed by atoms with Crippen LogP contribution >= 0.6 is 31.9 Å². The van der Waals surface area contributed by atoms with Gasteiger partial charge in [-0.15, -0.1) is 0 Å². The highest BCUT2D eigenvalue weighted by atomic mass is 79.9. The molecule has 0 aliphatic rings. The first-order chi connectivity index (χ1) is 17.6. The fraction of sp³-hybridized carbons (Fsp3) is 0.667. The van der Waals surface area contributed by atoms with Crippen LogP contribution in [0.1, 0.15) is 114 Å². The Morgan fingerprint density at radius 2 is 0.917 bits per heavy atom. The summed E-state index contributed by atoms with van der Waals surface area (Å²) in [5.74, 6) is 0. The summed E-state index contributed by atoms with van der Waals surface area (Å²) in [6, 6.07) is 8.76. The van der Waals surface area contributed by atoms with E-state index >= 15 is 0 Å². The average Bonchev–Trinajstić information content (AvgIpc) is 2.91. The number of unbranched alkanes of at least 4 members (excludes halogenated alkanes) is 9. The van der Waals surface area contributed by atoms with Crippen LogP contribution in [0.3, 0.4) is 0 Å². The Hall–Kier alpha value is -1.14. The number of aromatic nitrogens is 2. The van der Waals surface area contributed by atoms with Crippen molar-refractivity contribution in [2.75, 3.05) is 23.7 Å². The van der Waals surface area contributed by atoms with Gasteiger partial charge in [-0.1, -0.05) is 65.2 Å². The number of hydrogen-bond donors (Lipinski definition) is 2. The SMILES string of the molecule is CCCCCCCNc1cc[n+](C(Br)CCCCC(Br)[n+]2ccc(NCCCCCCC)cc2)cc1. The van der Waals surface area contributed by atoms with Crippen molar-refractivity contribution >= 4 is 43.2 Å². The van der Waals surface area contributed by atoms with Crippen molar-refractivity contribution in [2.45, 2.75) is 114 Å². The van der Waals surface area contributed by atoms with Gasteiger partial charge < -0.3 is 10.6 Å². The zero-order chi connectivity index (χ0) is 25.8. The number of hydrogen-bond acceptors (Lipinski definition) is 2. The lowest BCUT2D eigenvalue weighted by Gasteiger charge is -2.09. The number of nitrogens with one attached hydrogen (secondary N) is 2. The normalized spacial score (nSPS) is 12.9. The first-order valence-corrected chi connectivity index (χ1v) is 16.2. The summed E-state index contributed by atoms with van der Waals surface area (Å²) in [7, 11) is 0. The van der Waals surface area contributed by atoms with Gasteiger partial charge in [0.2, 0.25) is 9.90 Å². The average molecular weight is 627 g/mol. The lowest BCUT2D eigenvalue weighted by Crippen LogP contribution is -2.36. The molecule has 2 aromatic rings. The number of anilines is 2. The third-order valence-corrected chi connectivity index (χ3v) is 8.57. The second-order valence-electron chi connectivity index (χ2n) is 9.90. The van der Waals surface area contributed by atoms with Crippen molar-refractivity contribution in [3.8, 4) is 0 Å². The van der Waals surface area contributed by atoms with Crippen molar-refractivity contribution in [1.82, 2.24) is 0 Å². The standard InChI is InChI=1S/C30H48Br2N4/c1-3-5-7-9-13-21-33-27-17-23-35(24-18-27)29(31)15-11-12-16-30(32)36-25-19-28(20-26-36)34-22-14-10-8-6-4-2/h17-20,23-26,29-30H,3-16,21-22H2,1-2H3/p+2. The first kappa shape index (κ1) is 31.1. The second-order valence-corrected chi connectivity index (χ2v) is 12.0. The number of alkyl halides is 2. The van der Waals surface area contributed by atoms with Crippen LogP contribution in [-0.4, -0.2) is 13.1 Å². The Morgan fingerprint density at radius 1 is 0.556 bits per heavy atom. The van der Waals surface area contributed by atoms with Crippen molar-refractivity contribution in [2.24, 2.45) is 0 Å². The molecule has 0 fully saturated rings. The van der Waals surface area contributed by atoms with Crippen LogP contribution in [0.4, 0.5) is 11.4 Å². The Morgan fingerprint density at radius 3 is 1.28 bits per heavy atom. The van der Waals surface area contributed by atoms with Gasteiger partial charge in [-0.2, -0.15) is 9.13 Å². The molecule has 36 heavy (non-hydrogen) atoms. The fourth-order valence-electron chi connectivity index (χ4n) is 4.33. The number of pyridine rings is 2. The van der Waals surface area contributed by atoms with Crippen molar-refractivity contribution in [3.63, 3.8) is 0 Å². The molecule has 0 saturated heterocycles. The molecule has 0 aliphatic carbocycles. The van der Waals surface area contributed by atoms with Gasteiger partial charge in [0.05, 0.1) is 0 Å². The highest BCUT2D eigenvalue weighted by molar-refractivity contribution is 9.09. The Labute approximate surface area is 237 Å². The van der Waals surface area contributed by atoms with E-state index in [1.54, 1.807) is 0 Å². The third-order valence-electron chi connectivity index (χ3n) is 6.71. The second kappa shape index (κ2) is 19.9. The van der Waals surface area contributed by atoms with E-state index < -0.39 is 0 Å². The lowest BCUT2D eigenvalue weighted by atomic mass is 10.1. The maximum atomic E-state index is 3.88. The molecule has 2 rings (SSSR count). The van der Waals surface area contributed by atoms with Gasteiger partial charge in [-0.05, 0) is 57.5 Å². The van der Waals surface area contributed by atoms with Crippen LogP contribution in [-0.2, 0) is 0 Å². The van der Waals surface area contributed by atoms with Gasteiger partial charge in [0.15, 0.2) is 24.8 Å². The minimum absolute atomic E-state index is 0.342. The predicted octanol–water partition coefficient (Wildman–Crippen LogP) is 9.07. The van der Waals surface area contributed by atoms with Crippen LogP contribution < -0.4 is 19.8 Å². The molecule has 2 aromatic heterocycles. The molecule has 0 spiro atoms. The van der Waals surface area contributed by atoms with E-state index in [-0.39, 0.29) is 0 Å². The number of rotatable bonds is 21. The highest BCUT2D eigenvalue weighted by Crippen LogP contribution is 2.21. The fourth-order valence-corrected chi connectivity index (χ4v) is 5.52. The summed E-state index contributed by atoms with van der Waals surface area (Å²) >= 11 is 7.75. The monoisotopic (exact) mass is 624 g/mol. The molecule has 0 bridgehead atoms. The van der Waals surface area contributed by atoms with E-state index in [1.807, 2.05) is 0 Å². The van der Waals surface area contributed by atoms with Crippen molar-refractivity contribution < 1.29 is 9.13 Å². The van der Waals surface area contributed by atoms with E-state index in [1.165, 1.54) is 88.4 Å². The van der Waals surface area contributed by atoms with E-state index in [0.29, 0.717) is 9.90 Å². The van der Waals surface area contributed by atoms with Crippen LogP contribution in [0, 0.1) is 0 Å². The number of halogens is 2. The Kier molecular flexibility index (Phi) is 17.2. The molecule has 2 unspecified atom stereocenters. The molecule has 0 aromatic carbocycles. The third kappa shape index (κ3) is 13.4. The lowest BCUT2D eigenvalue weighted by molar-refractivity contribution is -0.699. The first-order valence-electron chi connectivity index (χ1n) is 14.4. The van der Waals surface area contributed by atoms with Gasteiger partial charge in [0.25, 0.3) is 0 Å². The molecule has 2 N–H and O–H groups in total. The molecule has 0 aliphatic heterocycles. The summed E-state index contributed by atoms with van der Waals surface area (Å²) in [6.45, 7) is 6.66. The molecule has 0 radical (unpaired) electrons. The molecule has 6 heteroatoms. The molecule has 0 saturated carbocycles. The molecule has 0 amide bonds. The predicted molar refractivity (Wildman–Crippen MR) is 162 cm³/mol. The van der Waals surface area contributed by atoms with Gasteiger partial charge in [-0.3, -0.25) is 0 Å². The molecular formula is C30H50Br2N4+2. The molecule has 202 valence electrons. The van der Waals surface area contributed by atoms with Crippen LogP contribution in [0.5, 0.6) is 0 Å². The zero-order valence-electron chi connectivity index (χ0n) is 22.7. The van der Waals surface area contributed by atoms with Gasteiger partial charge in [0, 0.05) is 61.6 Å². The van der Waals surface area contributed by atoms with Gasteiger partial charge >= 0.3 is 0 Å². The van der Waals surface area contributed by atoms with Gasteiger partial charge in [0.1, 0.15) is 0 Å². The largest absolute Gasteiger partial charge is 0.385 e. The Bertz CT molecular complexity index is 715. The molecular weight excluding hydrogens is 576 g/mol. The van der Waals surface area contributed by atoms with Crippen LogP contribution in [0.15, 0.2) is 49.1 Å². The van der Waals surface area contributed by atoms with E-state index in [4.69, 9.17) is 0 Å². The topological polar surface area (TPSA) is 31.8 Å². The maximum Gasteiger partial charge on any atom is 0.211 e. The molecule has 4 nitrogen and oxygen atoms in total. The molecule has 2 atom stereocenters. The smallest absolute Gasteiger partial charge is 0.211 e. The van der Waals surface area contributed by atoms with E-state index in [9.17, 15) is 0 Å². The minimum atomic E-state index is 0.342. The highest BCUT2D eigenvalue weighted by Gasteiger charge is 2.17.